The van der Waals surface area contributed by atoms with Crippen LogP contribution < -0.4 is 5.48 Å². The van der Waals surface area contributed by atoms with Gasteiger partial charge in [0.2, 0.25) is 0 Å². The molecule has 0 aliphatic heterocycles. The van der Waals surface area contributed by atoms with Crippen molar-refractivity contribution in [3.05, 3.63) is 35.9 Å². The highest BCUT2D eigenvalue weighted by atomic mass is 16.8. The van der Waals surface area contributed by atoms with E-state index in [-0.39, 0.29) is 0 Å². The molecule has 0 saturated heterocycles. The van der Waals surface area contributed by atoms with Gasteiger partial charge in [0, 0.05) is 5.56 Å². The van der Waals surface area contributed by atoms with Crippen LogP contribution in [0.1, 0.15) is 10.4 Å². The molecule has 0 spiro atoms. The molecule has 0 aliphatic rings. The van der Waals surface area contributed by atoms with Crippen LogP contribution >= 0.6 is 0 Å². The van der Waals surface area contributed by atoms with Gasteiger partial charge in [-0.05, 0) is 12.1 Å². The van der Waals surface area contributed by atoms with E-state index in [0.717, 1.165) is 0 Å². The van der Waals surface area contributed by atoms with Gasteiger partial charge in [0.1, 0.15) is 0 Å². The number of carbonyl (C=O) groups is 1. The standard InChI is InChI=1S/C8H9NO4/c10-7(9-13-8(11)12)6-4-2-1-3-5-6/h1-5,8,11-12H,(H,9,10). The van der Waals surface area contributed by atoms with Crippen LogP contribution in [0.4, 0.5) is 0 Å². The third-order valence-corrected chi connectivity index (χ3v) is 1.29. The summed E-state index contributed by atoms with van der Waals surface area (Å²) in [7, 11) is 0. The monoisotopic (exact) mass is 183 g/mol. The van der Waals surface area contributed by atoms with Gasteiger partial charge in [0.25, 0.3) is 12.4 Å². The van der Waals surface area contributed by atoms with Crippen LogP contribution in [0.25, 0.3) is 0 Å². The molecule has 5 heteroatoms. The first-order chi connectivity index (χ1) is 6.20. The Morgan fingerprint density at radius 1 is 1.31 bits per heavy atom. The summed E-state index contributed by atoms with van der Waals surface area (Å²) in [6, 6.07) is 8.28. The van der Waals surface area contributed by atoms with E-state index in [1.165, 1.54) is 0 Å². The van der Waals surface area contributed by atoms with Crippen molar-refractivity contribution in [3.63, 3.8) is 0 Å². The first-order valence-electron chi connectivity index (χ1n) is 3.57. The Kier molecular flexibility index (Phi) is 3.39. The molecular formula is C8H9NO4. The second-order valence-corrected chi connectivity index (χ2v) is 2.24. The molecule has 13 heavy (non-hydrogen) atoms. The van der Waals surface area contributed by atoms with Gasteiger partial charge in [-0.2, -0.15) is 0 Å². The number of hydrogen-bond donors (Lipinski definition) is 3. The summed E-state index contributed by atoms with van der Waals surface area (Å²) in [5.41, 5.74) is 2.24. The van der Waals surface area contributed by atoms with E-state index in [0.29, 0.717) is 5.56 Å². The third-order valence-electron chi connectivity index (χ3n) is 1.29. The van der Waals surface area contributed by atoms with Crippen molar-refractivity contribution >= 4 is 5.91 Å². The fourth-order valence-corrected chi connectivity index (χ4v) is 0.755. The number of rotatable bonds is 3. The van der Waals surface area contributed by atoms with Crippen LogP contribution in [0.3, 0.4) is 0 Å². The number of hydrogen-bond acceptors (Lipinski definition) is 4. The van der Waals surface area contributed by atoms with E-state index in [9.17, 15) is 4.79 Å². The Balaban J connectivity index is 2.50. The Hall–Kier alpha value is -1.43. The molecule has 0 bridgehead atoms. The van der Waals surface area contributed by atoms with Crippen molar-refractivity contribution in [2.75, 3.05) is 0 Å². The van der Waals surface area contributed by atoms with Gasteiger partial charge >= 0.3 is 0 Å². The van der Waals surface area contributed by atoms with E-state index in [2.05, 4.69) is 4.84 Å². The minimum Gasteiger partial charge on any atom is -0.344 e. The van der Waals surface area contributed by atoms with Gasteiger partial charge in [-0.15, -0.1) is 0 Å². The molecule has 1 amide bonds. The van der Waals surface area contributed by atoms with E-state index in [4.69, 9.17) is 10.2 Å². The minimum absolute atomic E-state index is 0.378. The van der Waals surface area contributed by atoms with Crippen molar-refractivity contribution < 1.29 is 19.8 Å². The van der Waals surface area contributed by atoms with Crippen molar-refractivity contribution in [2.24, 2.45) is 0 Å². The Labute approximate surface area is 74.5 Å². The number of benzene rings is 1. The van der Waals surface area contributed by atoms with Crippen LogP contribution in [0.15, 0.2) is 30.3 Å². The van der Waals surface area contributed by atoms with Crippen molar-refractivity contribution in [3.8, 4) is 0 Å². The van der Waals surface area contributed by atoms with Crippen molar-refractivity contribution in [2.45, 2.75) is 6.48 Å². The summed E-state index contributed by atoms with van der Waals surface area (Å²) in [5.74, 6) is -0.534. The largest absolute Gasteiger partial charge is 0.344 e. The molecule has 1 aromatic carbocycles. The Morgan fingerprint density at radius 3 is 2.46 bits per heavy atom. The van der Waals surface area contributed by atoms with Crippen molar-refractivity contribution in [1.29, 1.82) is 0 Å². The van der Waals surface area contributed by atoms with Crippen LogP contribution in [0, 0.1) is 0 Å². The SMILES string of the molecule is O=C(NOC(O)O)c1ccccc1. The third kappa shape index (κ3) is 3.20. The van der Waals surface area contributed by atoms with E-state index < -0.39 is 12.4 Å². The van der Waals surface area contributed by atoms with Crippen LogP contribution in [0.5, 0.6) is 0 Å². The molecule has 0 fully saturated rings. The molecule has 0 atom stereocenters. The maximum atomic E-state index is 11.1. The number of nitrogens with one attached hydrogen (secondary N) is 1. The van der Waals surface area contributed by atoms with Gasteiger partial charge in [0.15, 0.2) is 0 Å². The normalized spacial score (nSPS) is 10.1. The highest BCUT2D eigenvalue weighted by Crippen LogP contribution is 1.97. The lowest BCUT2D eigenvalue weighted by Gasteiger charge is -2.05. The molecule has 0 saturated carbocycles. The highest BCUT2D eigenvalue weighted by Gasteiger charge is 2.05. The summed E-state index contributed by atoms with van der Waals surface area (Å²) in [6.45, 7) is -2.01. The van der Waals surface area contributed by atoms with Gasteiger partial charge in [-0.25, -0.2) is 10.3 Å². The lowest BCUT2D eigenvalue weighted by atomic mass is 10.2. The zero-order valence-corrected chi connectivity index (χ0v) is 6.68. The second kappa shape index (κ2) is 4.56. The molecule has 5 nitrogen and oxygen atoms in total. The van der Waals surface area contributed by atoms with Crippen LogP contribution in [-0.2, 0) is 4.84 Å². The second-order valence-electron chi connectivity index (χ2n) is 2.24. The predicted molar refractivity (Wildman–Crippen MR) is 43.2 cm³/mol. The number of amides is 1. The molecule has 1 aromatic rings. The molecule has 0 radical (unpaired) electrons. The molecule has 70 valence electrons. The van der Waals surface area contributed by atoms with E-state index in [1.807, 2.05) is 5.48 Å². The Morgan fingerprint density at radius 2 is 1.92 bits per heavy atom. The fourth-order valence-electron chi connectivity index (χ4n) is 0.755. The lowest BCUT2D eigenvalue weighted by molar-refractivity contribution is -0.255. The van der Waals surface area contributed by atoms with Gasteiger partial charge < -0.3 is 10.2 Å². The lowest BCUT2D eigenvalue weighted by Crippen LogP contribution is -2.29. The molecule has 3 N–H and O–H groups in total. The highest BCUT2D eigenvalue weighted by molar-refractivity contribution is 5.93. The summed E-state index contributed by atoms with van der Waals surface area (Å²) >= 11 is 0. The van der Waals surface area contributed by atoms with Crippen LogP contribution in [0.2, 0.25) is 0 Å². The summed E-state index contributed by atoms with van der Waals surface area (Å²) < 4.78 is 0. The van der Waals surface area contributed by atoms with Gasteiger partial charge in [-0.3, -0.25) is 4.79 Å². The zero-order chi connectivity index (χ0) is 9.68. The maximum absolute atomic E-state index is 11.1. The van der Waals surface area contributed by atoms with E-state index >= 15 is 0 Å². The van der Waals surface area contributed by atoms with Crippen LogP contribution in [-0.4, -0.2) is 22.6 Å². The zero-order valence-electron chi connectivity index (χ0n) is 6.68. The average molecular weight is 183 g/mol. The summed E-state index contributed by atoms with van der Waals surface area (Å²) in [5, 5.41) is 16.5. The quantitative estimate of drug-likeness (QED) is 0.440. The van der Waals surface area contributed by atoms with Crippen molar-refractivity contribution in [1.82, 2.24) is 5.48 Å². The number of carbonyl (C=O) groups excluding carboxylic acids is 1. The smallest absolute Gasteiger partial charge is 0.289 e. The number of hydroxylamine groups is 1. The summed E-state index contributed by atoms with van der Waals surface area (Å²) in [6.07, 6.45) is 0. The van der Waals surface area contributed by atoms with Gasteiger partial charge in [-0.1, -0.05) is 18.2 Å². The van der Waals surface area contributed by atoms with E-state index in [1.54, 1.807) is 30.3 Å². The minimum atomic E-state index is -2.01. The molecular weight excluding hydrogens is 174 g/mol. The first kappa shape index (κ1) is 9.66. The number of aliphatic hydroxyl groups excluding tert-OH is 1. The first-order valence-corrected chi connectivity index (χ1v) is 3.57. The topological polar surface area (TPSA) is 78.8 Å². The summed E-state index contributed by atoms with van der Waals surface area (Å²) in [4.78, 5) is 15.2. The fraction of sp³-hybridized carbons (Fsp3) is 0.125. The maximum Gasteiger partial charge on any atom is 0.289 e. The van der Waals surface area contributed by atoms with Gasteiger partial charge in [0.05, 0.1) is 0 Å². The molecule has 0 unspecified atom stereocenters. The molecule has 1 rings (SSSR count). The molecule has 0 heterocycles. The Bertz CT molecular complexity index is 273. The predicted octanol–water partition coefficient (Wildman–Crippen LogP) is -0.384. The number of aliphatic hydroxyl groups is 2. The molecule has 0 aliphatic carbocycles. The molecule has 0 aromatic heterocycles. The average Bonchev–Trinajstić information content (AvgIpc) is 2.15.